The zero-order chi connectivity index (χ0) is 23.4. The molecule has 0 saturated carbocycles. The number of halogens is 1. The molecule has 0 bridgehead atoms. The van der Waals surface area contributed by atoms with Gasteiger partial charge in [0, 0.05) is 36.9 Å². The second kappa shape index (κ2) is 10.1. The van der Waals surface area contributed by atoms with E-state index in [0.29, 0.717) is 29.8 Å². The topological polar surface area (TPSA) is 83.5 Å². The molecule has 0 unspecified atom stereocenters. The Kier molecular flexibility index (Phi) is 7.03. The average molecular weight is 471 g/mol. The molecule has 0 radical (unpaired) electrons. The first kappa shape index (κ1) is 22.9. The van der Waals surface area contributed by atoms with E-state index in [1.54, 1.807) is 26.2 Å². The van der Waals surface area contributed by atoms with Gasteiger partial charge in [0.25, 0.3) is 0 Å². The minimum Gasteiger partial charge on any atom is -0.497 e. The van der Waals surface area contributed by atoms with Gasteiger partial charge in [0.1, 0.15) is 11.8 Å². The van der Waals surface area contributed by atoms with Crippen molar-refractivity contribution in [2.75, 3.05) is 44.8 Å². The molecular weight excluding hydrogens is 444 g/mol. The lowest BCUT2D eigenvalue weighted by Crippen LogP contribution is -2.57. The predicted octanol–water partition coefficient (Wildman–Crippen LogP) is 2.88. The van der Waals surface area contributed by atoms with Crippen molar-refractivity contribution in [3.8, 4) is 5.75 Å². The Labute approximate surface area is 198 Å². The van der Waals surface area contributed by atoms with Crippen molar-refractivity contribution in [3.63, 3.8) is 0 Å². The van der Waals surface area contributed by atoms with Gasteiger partial charge in [-0.15, -0.1) is 0 Å². The van der Waals surface area contributed by atoms with Crippen LogP contribution in [0, 0.1) is 5.92 Å². The smallest absolute Gasteiger partial charge is 0.321 e. The normalized spacial score (nSPS) is 20.7. The first-order valence-electron chi connectivity index (χ1n) is 10.9. The van der Waals surface area contributed by atoms with Crippen molar-refractivity contribution >= 4 is 35.1 Å². The van der Waals surface area contributed by atoms with Gasteiger partial charge < -0.3 is 19.3 Å². The number of hydrogen-bond acceptors (Lipinski definition) is 7. The van der Waals surface area contributed by atoms with Crippen molar-refractivity contribution in [2.24, 2.45) is 10.9 Å². The molecule has 8 nitrogen and oxygen atoms in total. The summed E-state index contributed by atoms with van der Waals surface area (Å²) < 4.78 is 10.4. The summed E-state index contributed by atoms with van der Waals surface area (Å²) >= 11 is 6.00. The largest absolute Gasteiger partial charge is 0.497 e. The van der Waals surface area contributed by atoms with E-state index in [2.05, 4.69) is 10.2 Å². The van der Waals surface area contributed by atoms with Crippen LogP contribution >= 0.6 is 11.6 Å². The Bertz CT molecular complexity index is 1020. The Morgan fingerprint density at radius 2 is 1.70 bits per heavy atom. The van der Waals surface area contributed by atoms with E-state index in [1.165, 1.54) is 0 Å². The molecule has 2 aliphatic heterocycles. The van der Waals surface area contributed by atoms with Gasteiger partial charge >= 0.3 is 5.97 Å². The molecular formula is C24H27ClN4O4. The number of esters is 1. The van der Waals surface area contributed by atoms with E-state index in [1.807, 2.05) is 41.3 Å². The van der Waals surface area contributed by atoms with Crippen LogP contribution in [-0.2, 0) is 14.3 Å². The fraction of sp³-hybridized carbons (Fsp3) is 0.375. The number of methoxy groups -OCH3 is 1. The minimum absolute atomic E-state index is 0.196. The summed E-state index contributed by atoms with van der Waals surface area (Å²) in [5.74, 6) is -0.852. The number of amides is 1. The highest BCUT2D eigenvalue weighted by Crippen LogP contribution is 2.32. The molecule has 2 atom stereocenters. The van der Waals surface area contributed by atoms with Crippen molar-refractivity contribution in [1.29, 1.82) is 0 Å². The molecule has 174 valence electrons. The standard InChI is InChI=1S/C24H27ClN4O4/c1-3-33-23(31)20-21(16-4-10-19(32-2)11-5-16)26-24(27-22(20)30)29-14-12-28(13-15-29)18-8-6-17(25)7-9-18/h4-11,20-21H,3,12-15H2,1-2H3,(H,26,27,30)/t20-,21+/m0/s1. The Morgan fingerprint density at radius 1 is 1.06 bits per heavy atom. The summed E-state index contributed by atoms with van der Waals surface area (Å²) in [4.78, 5) is 34.8. The van der Waals surface area contributed by atoms with Crippen LogP contribution in [-0.4, -0.2) is 62.6 Å². The molecule has 0 spiro atoms. The molecule has 4 rings (SSSR count). The fourth-order valence-corrected chi connectivity index (χ4v) is 4.22. The number of piperazine rings is 1. The number of nitrogens with one attached hydrogen (secondary N) is 1. The number of aliphatic imine (C=N–C) groups is 1. The maximum atomic E-state index is 13.0. The van der Waals surface area contributed by atoms with Gasteiger partial charge in [-0.3, -0.25) is 14.9 Å². The zero-order valence-electron chi connectivity index (χ0n) is 18.7. The summed E-state index contributed by atoms with van der Waals surface area (Å²) in [5, 5.41) is 3.54. The number of nitrogens with zero attached hydrogens (tertiary/aromatic N) is 3. The molecule has 9 heteroatoms. The van der Waals surface area contributed by atoms with Gasteiger partial charge in [-0.25, -0.2) is 4.99 Å². The third-order valence-electron chi connectivity index (χ3n) is 5.86. The van der Waals surface area contributed by atoms with E-state index in [-0.39, 0.29) is 6.61 Å². The summed E-state index contributed by atoms with van der Waals surface area (Å²) in [6.45, 7) is 4.81. The van der Waals surface area contributed by atoms with Gasteiger partial charge in [-0.2, -0.15) is 0 Å². The molecule has 2 aromatic carbocycles. The van der Waals surface area contributed by atoms with Gasteiger partial charge in [0.15, 0.2) is 5.92 Å². The number of rotatable bonds is 5. The lowest BCUT2D eigenvalue weighted by molar-refractivity contribution is -0.153. The van der Waals surface area contributed by atoms with Crippen LogP contribution in [0.3, 0.4) is 0 Å². The van der Waals surface area contributed by atoms with Crippen LogP contribution in [0.4, 0.5) is 5.69 Å². The summed E-state index contributed by atoms with van der Waals surface area (Å²) in [6, 6.07) is 14.3. The maximum Gasteiger partial charge on any atom is 0.321 e. The lowest BCUT2D eigenvalue weighted by Gasteiger charge is -2.39. The van der Waals surface area contributed by atoms with Gasteiger partial charge in [-0.1, -0.05) is 23.7 Å². The van der Waals surface area contributed by atoms with E-state index in [0.717, 1.165) is 24.3 Å². The first-order chi connectivity index (χ1) is 16.0. The number of guanidine groups is 1. The zero-order valence-corrected chi connectivity index (χ0v) is 19.4. The maximum absolute atomic E-state index is 13.0. The third kappa shape index (κ3) is 5.06. The molecule has 33 heavy (non-hydrogen) atoms. The average Bonchev–Trinajstić information content (AvgIpc) is 2.84. The number of carbonyl (C=O) groups excluding carboxylic acids is 2. The van der Waals surface area contributed by atoms with Crippen molar-refractivity contribution < 1.29 is 19.1 Å². The molecule has 0 aromatic heterocycles. The van der Waals surface area contributed by atoms with E-state index in [4.69, 9.17) is 26.1 Å². The highest BCUT2D eigenvalue weighted by molar-refractivity contribution is 6.30. The second-order valence-electron chi connectivity index (χ2n) is 7.84. The van der Waals surface area contributed by atoms with Crippen LogP contribution in [0.25, 0.3) is 0 Å². The van der Waals surface area contributed by atoms with Crippen molar-refractivity contribution in [3.05, 3.63) is 59.1 Å². The molecule has 2 heterocycles. The fourth-order valence-electron chi connectivity index (χ4n) is 4.09. The number of carbonyl (C=O) groups is 2. The molecule has 2 aliphatic rings. The van der Waals surface area contributed by atoms with E-state index >= 15 is 0 Å². The summed E-state index contributed by atoms with van der Waals surface area (Å²) in [7, 11) is 1.59. The monoisotopic (exact) mass is 470 g/mol. The highest BCUT2D eigenvalue weighted by atomic mass is 35.5. The van der Waals surface area contributed by atoms with Gasteiger partial charge in [0.05, 0.1) is 13.7 Å². The molecule has 1 N–H and O–H groups in total. The van der Waals surface area contributed by atoms with Crippen LogP contribution in [0.15, 0.2) is 53.5 Å². The van der Waals surface area contributed by atoms with Crippen molar-refractivity contribution in [2.45, 2.75) is 13.0 Å². The van der Waals surface area contributed by atoms with Crippen LogP contribution in [0.1, 0.15) is 18.5 Å². The highest BCUT2D eigenvalue weighted by Gasteiger charge is 2.42. The quantitative estimate of drug-likeness (QED) is 0.534. The Balaban J connectivity index is 1.55. The summed E-state index contributed by atoms with van der Waals surface area (Å²) in [6.07, 6.45) is 0. The number of hydrogen-bond donors (Lipinski definition) is 1. The van der Waals surface area contributed by atoms with Crippen LogP contribution in [0.2, 0.25) is 5.02 Å². The molecule has 2 aromatic rings. The molecule has 1 amide bonds. The van der Waals surface area contributed by atoms with E-state index in [9.17, 15) is 9.59 Å². The minimum atomic E-state index is -1.04. The summed E-state index contributed by atoms with van der Waals surface area (Å²) in [5.41, 5.74) is 1.85. The van der Waals surface area contributed by atoms with Crippen LogP contribution in [0.5, 0.6) is 5.75 Å². The van der Waals surface area contributed by atoms with Gasteiger partial charge in [0.2, 0.25) is 11.9 Å². The Hall–Kier alpha value is -3.26. The first-order valence-corrected chi connectivity index (χ1v) is 11.3. The number of ether oxygens (including phenoxy) is 2. The SMILES string of the molecule is CCOC(=O)[C@@H]1C(=O)NC(N2CCN(c3ccc(Cl)cc3)CC2)=N[C@@H]1c1ccc(OC)cc1. The molecule has 1 saturated heterocycles. The Morgan fingerprint density at radius 3 is 2.30 bits per heavy atom. The number of benzene rings is 2. The second-order valence-corrected chi connectivity index (χ2v) is 8.28. The third-order valence-corrected chi connectivity index (χ3v) is 6.12. The lowest BCUT2D eigenvalue weighted by atomic mass is 9.91. The van der Waals surface area contributed by atoms with Crippen molar-refractivity contribution in [1.82, 2.24) is 10.2 Å². The molecule has 0 aliphatic carbocycles. The predicted molar refractivity (Wildman–Crippen MR) is 127 cm³/mol. The van der Waals surface area contributed by atoms with Crippen LogP contribution < -0.4 is 15.0 Å². The molecule has 1 fully saturated rings. The van der Waals surface area contributed by atoms with E-state index < -0.39 is 23.8 Å². The number of anilines is 1. The van der Waals surface area contributed by atoms with Gasteiger partial charge in [-0.05, 0) is 48.9 Å².